The van der Waals surface area contributed by atoms with Crippen molar-refractivity contribution in [2.75, 3.05) is 12.5 Å². The lowest BCUT2D eigenvalue weighted by Crippen LogP contribution is -1.93. The monoisotopic (exact) mass is 233 g/mol. The van der Waals surface area contributed by atoms with Gasteiger partial charge >= 0.3 is 0 Å². The standard InChI is InChI=1S/C11H11N3OS/c1-15-10-5-3-2-4-9(10)8-13-14-11-12-6-7-16-11/h2-8H,1H3,(H,12,14)/b13-8-. The maximum absolute atomic E-state index is 5.20. The average Bonchev–Trinajstić information content (AvgIpc) is 2.83. The number of hydrogen-bond acceptors (Lipinski definition) is 5. The molecule has 0 bridgehead atoms. The Morgan fingerprint density at radius 1 is 1.44 bits per heavy atom. The number of thiazole rings is 1. The van der Waals surface area contributed by atoms with Gasteiger partial charge in [0.15, 0.2) is 0 Å². The molecule has 0 saturated carbocycles. The van der Waals surface area contributed by atoms with Gasteiger partial charge in [0.25, 0.3) is 0 Å². The Balaban J connectivity index is 2.05. The summed E-state index contributed by atoms with van der Waals surface area (Å²) in [4.78, 5) is 4.05. The van der Waals surface area contributed by atoms with Crippen LogP contribution in [-0.2, 0) is 0 Å². The SMILES string of the molecule is COc1ccccc1/C=N\Nc1nccs1. The molecule has 0 aliphatic rings. The number of rotatable bonds is 4. The zero-order valence-corrected chi connectivity index (χ0v) is 9.57. The van der Waals surface area contributed by atoms with E-state index in [1.54, 1.807) is 19.5 Å². The first-order valence-corrected chi connectivity index (χ1v) is 5.59. The average molecular weight is 233 g/mol. The third-order valence-corrected chi connectivity index (χ3v) is 2.61. The summed E-state index contributed by atoms with van der Waals surface area (Å²) in [6, 6.07) is 7.69. The van der Waals surface area contributed by atoms with Crippen LogP contribution in [0.15, 0.2) is 40.9 Å². The lowest BCUT2D eigenvalue weighted by molar-refractivity contribution is 0.414. The maximum atomic E-state index is 5.20. The number of nitrogens with one attached hydrogen (secondary N) is 1. The molecule has 5 heteroatoms. The van der Waals surface area contributed by atoms with E-state index in [1.165, 1.54) is 11.3 Å². The number of hydrazone groups is 1. The molecule has 1 N–H and O–H groups in total. The van der Waals surface area contributed by atoms with E-state index in [2.05, 4.69) is 15.5 Å². The fourth-order valence-electron chi connectivity index (χ4n) is 1.21. The Bertz CT molecular complexity index is 468. The summed E-state index contributed by atoms with van der Waals surface area (Å²) in [5.41, 5.74) is 3.77. The number of anilines is 1. The zero-order chi connectivity index (χ0) is 11.2. The first kappa shape index (κ1) is 10.6. The number of hydrogen-bond donors (Lipinski definition) is 1. The lowest BCUT2D eigenvalue weighted by Gasteiger charge is -2.02. The van der Waals surface area contributed by atoms with Crippen molar-refractivity contribution >= 4 is 22.7 Å². The first-order chi connectivity index (χ1) is 7.90. The van der Waals surface area contributed by atoms with E-state index < -0.39 is 0 Å². The van der Waals surface area contributed by atoms with E-state index in [-0.39, 0.29) is 0 Å². The largest absolute Gasteiger partial charge is 0.496 e. The second kappa shape index (κ2) is 5.27. The molecule has 0 amide bonds. The summed E-state index contributed by atoms with van der Waals surface area (Å²) in [5, 5.41) is 6.75. The number of para-hydroxylation sites is 1. The van der Waals surface area contributed by atoms with Crippen LogP contribution < -0.4 is 10.2 Å². The predicted octanol–water partition coefficient (Wildman–Crippen LogP) is 2.60. The van der Waals surface area contributed by atoms with Gasteiger partial charge < -0.3 is 4.74 Å². The highest BCUT2D eigenvalue weighted by atomic mass is 32.1. The van der Waals surface area contributed by atoms with Crippen LogP contribution in [0.2, 0.25) is 0 Å². The highest BCUT2D eigenvalue weighted by molar-refractivity contribution is 7.13. The minimum Gasteiger partial charge on any atom is -0.496 e. The minimum atomic E-state index is 0.770. The maximum Gasteiger partial charge on any atom is 0.203 e. The van der Waals surface area contributed by atoms with E-state index in [0.29, 0.717) is 0 Å². The van der Waals surface area contributed by atoms with Gasteiger partial charge in [0.1, 0.15) is 5.75 Å². The van der Waals surface area contributed by atoms with Crippen LogP contribution in [0.3, 0.4) is 0 Å². The molecule has 0 fully saturated rings. The molecule has 2 aromatic rings. The molecule has 0 unspecified atom stereocenters. The molecule has 0 saturated heterocycles. The van der Waals surface area contributed by atoms with Gasteiger partial charge in [-0.2, -0.15) is 5.10 Å². The van der Waals surface area contributed by atoms with Crippen LogP contribution in [0, 0.1) is 0 Å². The van der Waals surface area contributed by atoms with Crippen molar-refractivity contribution in [1.82, 2.24) is 4.98 Å². The fourth-order valence-corrected chi connectivity index (χ4v) is 1.69. The highest BCUT2D eigenvalue weighted by Gasteiger charge is 1.97. The van der Waals surface area contributed by atoms with Gasteiger partial charge in [-0.05, 0) is 12.1 Å². The quantitative estimate of drug-likeness (QED) is 0.652. The Morgan fingerprint density at radius 3 is 3.06 bits per heavy atom. The number of nitrogens with zero attached hydrogens (tertiary/aromatic N) is 2. The minimum absolute atomic E-state index is 0.770. The van der Waals surface area contributed by atoms with E-state index in [1.807, 2.05) is 29.6 Å². The van der Waals surface area contributed by atoms with Crippen molar-refractivity contribution in [3.05, 3.63) is 41.4 Å². The van der Waals surface area contributed by atoms with Gasteiger partial charge in [-0.25, -0.2) is 4.98 Å². The predicted molar refractivity (Wildman–Crippen MR) is 66.3 cm³/mol. The van der Waals surface area contributed by atoms with Crippen molar-refractivity contribution in [1.29, 1.82) is 0 Å². The molecule has 0 radical (unpaired) electrons. The molecule has 4 nitrogen and oxygen atoms in total. The summed E-state index contributed by atoms with van der Waals surface area (Å²) in [6.45, 7) is 0. The summed E-state index contributed by atoms with van der Waals surface area (Å²) >= 11 is 1.50. The number of methoxy groups -OCH3 is 1. The number of aromatic nitrogens is 1. The van der Waals surface area contributed by atoms with Crippen LogP contribution in [0.1, 0.15) is 5.56 Å². The van der Waals surface area contributed by atoms with Crippen LogP contribution in [0.4, 0.5) is 5.13 Å². The van der Waals surface area contributed by atoms with Gasteiger partial charge in [0.2, 0.25) is 5.13 Å². The fraction of sp³-hybridized carbons (Fsp3) is 0.0909. The molecule has 16 heavy (non-hydrogen) atoms. The Morgan fingerprint density at radius 2 is 2.31 bits per heavy atom. The van der Waals surface area contributed by atoms with Crippen molar-refractivity contribution < 1.29 is 4.74 Å². The molecular formula is C11H11N3OS. The topological polar surface area (TPSA) is 46.5 Å². The van der Waals surface area contributed by atoms with E-state index in [9.17, 15) is 0 Å². The molecular weight excluding hydrogens is 222 g/mol. The molecule has 0 spiro atoms. The van der Waals surface area contributed by atoms with Gasteiger partial charge in [-0.3, -0.25) is 5.43 Å². The van der Waals surface area contributed by atoms with Crippen LogP contribution in [-0.4, -0.2) is 18.3 Å². The number of ether oxygens (including phenoxy) is 1. The lowest BCUT2D eigenvalue weighted by atomic mass is 10.2. The Labute approximate surface area is 97.6 Å². The highest BCUT2D eigenvalue weighted by Crippen LogP contribution is 2.15. The van der Waals surface area contributed by atoms with Gasteiger partial charge in [0, 0.05) is 17.1 Å². The second-order valence-corrected chi connectivity index (χ2v) is 3.84. The third kappa shape index (κ3) is 2.58. The third-order valence-electron chi connectivity index (χ3n) is 1.94. The van der Waals surface area contributed by atoms with E-state index in [0.717, 1.165) is 16.4 Å². The number of benzene rings is 1. The molecule has 82 valence electrons. The Hall–Kier alpha value is -1.88. The van der Waals surface area contributed by atoms with E-state index in [4.69, 9.17) is 4.74 Å². The summed E-state index contributed by atoms with van der Waals surface area (Å²) in [5.74, 6) is 0.798. The first-order valence-electron chi connectivity index (χ1n) is 4.72. The normalized spacial score (nSPS) is 10.6. The molecule has 0 atom stereocenters. The van der Waals surface area contributed by atoms with Crippen molar-refractivity contribution in [2.45, 2.75) is 0 Å². The smallest absolute Gasteiger partial charge is 0.203 e. The molecule has 1 heterocycles. The van der Waals surface area contributed by atoms with Gasteiger partial charge in [-0.15, -0.1) is 11.3 Å². The molecule has 0 aliphatic heterocycles. The second-order valence-electron chi connectivity index (χ2n) is 2.95. The van der Waals surface area contributed by atoms with Gasteiger partial charge in [-0.1, -0.05) is 12.1 Å². The summed E-state index contributed by atoms with van der Waals surface area (Å²) < 4.78 is 5.20. The molecule has 2 rings (SSSR count). The van der Waals surface area contributed by atoms with E-state index >= 15 is 0 Å². The van der Waals surface area contributed by atoms with Crippen LogP contribution in [0.25, 0.3) is 0 Å². The van der Waals surface area contributed by atoms with Crippen molar-refractivity contribution in [3.8, 4) is 5.75 Å². The molecule has 1 aromatic carbocycles. The van der Waals surface area contributed by atoms with Crippen molar-refractivity contribution in [3.63, 3.8) is 0 Å². The summed E-state index contributed by atoms with van der Waals surface area (Å²) in [7, 11) is 1.64. The zero-order valence-electron chi connectivity index (χ0n) is 8.75. The molecule has 0 aliphatic carbocycles. The van der Waals surface area contributed by atoms with Crippen LogP contribution in [0.5, 0.6) is 5.75 Å². The Kier molecular flexibility index (Phi) is 3.50. The van der Waals surface area contributed by atoms with Crippen molar-refractivity contribution in [2.24, 2.45) is 5.10 Å². The van der Waals surface area contributed by atoms with Crippen LogP contribution >= 0.6 is 11.3 Å². The summed E-state index contributed by atoms with van der Waals surface area (Å²) in [6.07, 6.45) is 3.44. The molecule has 1 aromatic heterocycles. The van der Waals surface area contributed by atoms with Gasteiger partial charge in [0.05, 0.1) is 13.3 Å².